The lowest BCUT2D eigenvalue weighted by Crippen LogP contribution is -2.52. The third-order valence-corrected chi connectivity index (χ3v) is 5.27. The molecule has 1 aromatic carbocycles. The minimum absolute atomic E-state index is 0. The van der Waals surface area contributed by atoms with Gasteiger partial charge in [0.2, 0.25) is 5.91 Å². The Balaban J connectivity index is 0.00000169. The predicted molar refractivity (Wildman–Crippen MR) is 109 cm³/mol. The zero-order chi connectivity index (χ0) is 16.8. The molecule has 1 atom stereocenters. The quantitative estimate of drug-likeness (QED) is 0.765. The molecule has 7 heteroatoms. The van der Waals surface area contributed by atoms with Crippen LogP contribution in [0.15, 0.2) is 24.3 Å². The van der Waals surface area contributed by atoms with Crippen LogP contribution in [0.1, 0.15) is 37.3 Å². The van der Waals surface area contributed by atoms with E-state index in [1.807, 2.05) is 0 Å². The maximum Gasteiger partial charge on any atom is 0.240 e. The lowest BCUT2D eigenvalue weighted by Gasteiger charge is -2.27. The number of benzene rings is 1. The Morgan fingerprint density at radius 3 is 2.42 bits per heavy atom. The van der Waals surface area contributed by atoms with E-state index in [0.717, 1.165) is 64.2 Å². The molecule has 26 heavy (non-hydrogen) atoms. The Morgan fingerprint density at radius 1 is 1.19 bits per heavy atom. The molecule has 3 rings (SSSR count). The summed E-state index contributed by atoms with van der Waals surface area (Å²) in [6.45, 7) is 8.26. The molecular weight excluding hydrogens is 373 g/mol. The molecule has 0 aromatic heterocycles. The van der Waals surface area contributed by atoms with E-state index in [4.69, 9.17) is 4.74 Å². The van der Waals surface area contributed by atoms with Gasteiger partial charge in [0.05, 0.1) is 18.8 Å². The zero-order valence-corrected chi connectivity index (χ0v) is 17.1. The number of nitrogens with zero attached hydrogens (tertiary/aromatic N) is 1. The average molecular weight is 404 g/mol. The number of morpholine rings is 1. The number of hydrogen-bond donors (Lipinski definition) is 2. The summed E-state index contributed by atoms with van der Waals surface area (Å²) in [5, 5.41) is 6.49. The van der Waals surface area contributed by atoms with Gasteiger partial charge >= 0.3 is 0 Å². The Hall–Kier alpha value is -0.850. The molecule has 1 unspecified atom stereocenters. The van der Waals surface area contributed by atoms with Crippen molar-refractivity contribution < 1.29 is 9.53 Å². The monoisotopic (exact) mass is 403 g/mol. The number of nitrogens with one attached hydrogen (secondary N) is 2. The molecule has 2 aliphatic rings. The van der Waals surface area contributed by atoms with E-state index < -0.39 is 0 Å². The highest BCUT2D eigenvalue weighted by Gasteiger charge is 2.38. The SMILES string of the molecule is CCC1(C(=O)NCc2ccc(CN3CCOCC3)cc2)CCCN1.Cl.Cl. The highest BCUT2D eigenvalue weighted by atomic mass is 35.5. The summed E-state index contributed by atoms with van der Waals surface area (Å²) in [6, 6.07) is 8.58. The van der Waals surface area contributed by atoms with Gasteiger partial charge in [0.15, 0.2) is 0 Å². The topological polar surface area (TPSA) is 53.6 Å². The van der Waals surface area contributed by atoms with Gasteiger partial charge in [0.1, 0.15) is 0 Å². The maximum atomic E-state index is 12.5. The van der Waals surface area contributed by atoms with Gasteiger partial charge in [-0.2, -0.15) is 0 Å². The highest BCUT2D eigenvalue weighted by molar-refractivity contribution is 5.86. The second-order valence-electron chi connectivity index (χ2n) is 6.85. The number of ether oxygens (including phenoxy) is 1. The molecule has 2 aliphatic heterocycles. The van der Waals surface area contributed by atoms with E-state index in [1.165, 1.54) is 5.56 Å². The van der Waals surface area contributed by atoms with Crippen molar-refractivity contribution in [3.8, 4) is 0 Å². The van der Waals surface area contributed by atoms with Crippen molar-refractivity contribution >= 4 is 30.7 Å². The van der Waals surface area contributed by atoms with Crippen LogP contribution in [0.4, 0.5) is 0 Å². The van der Waals surface area contributed by atoms with Gasteiger partial charge in [0.25, 0.3) is 0 Å². The summed E-state index contributed by atoms with van der Waals surface area (Å²) in [5.74, 6) is 0.139. The summed E-state index contributed by atoms with van der Waals surface area (Å²) >= 11 is 0. The van der Waals surface area contributed by atoms with Gasteiger partial charge in [-0.3, -0.25) is 9.69 Å². The smallest absolute Gasteiger partial charge is 0.240 e. The van der Waals surface area contributed by atoms with Crippen molar-refractivity contribution in [2.45, 2.75) is 44.8 Å². The van der Waals surface area contributed by atoms with E-state index in [2.05, 4.69) is 46.7 Å². The van der Waals surface area contributed by atoms with E-state index in [0.29, 0.717) is 6.54 Å². The summed E-state index contributed by atoms with van der Waals surface area (Å²) < 4.78 is 5.38. The minimum atomic E-state index is -0.351. The summed E-state index contributed by atoms with van der Waals surface area (Å²) in [4.78, 5) is 14.9. The molecule has 0 bridgehead atoms. The summed E-state index contributed by atoms with van der Waals surface area (Å²) in [7, 11) is 0. The molecule has 1 aromatic rings. The number of carbonyl (C=O) groups excluding carboxylic acids is 1. The Labute approximate surface area is 169 Å². The number of hydrogen-bond acceptors (Lipinski definition) is 4. The first-order valence-electron chi connectivity index (χ1n) is 9.13. The van der Waals surface area contributed by atoms with Gasteiger partial charge in [-0.15, -0.1) is 24.8 Å². The molecule has 148 valence electrons. The first kappa shape index (κ1) is 23.2. The third-order valence-electron chi connectivity index (χ3n) is 5.27. The van der Waals surface area contributed by atoms with Crippen molar-refractivity contribution in [2.24, 2.45) is 0 Å². The van der Waals surface area contributed by atoms with Crippen molar-refractivity contribution in [2.75, 3.05) is 32.8 Å². The van der Waals surface area contributed by atoms with Crippen molar-refractivity contribution in [3.63, 3.8) is 0 Å². The second kappa shape index (κ2) is 11.1. The Bertz CT molecular complexity index is 542. The summed E-state index contributed by atoms with van der Waals surface area (Å²) in [5.41, 5.74) is 2.11. The molecule has 2 saturated heterocycles. The number of halogens is 2. The molecule has 0 saturated carbocycles. The van der Waals surface area contributed by atoms with Crippen LogP contribution in [-0.2, 0) is 22.6 Å². The number of amides is 1. The van der Waals surface area contributed by atoms with Crippen LogP contribution in [0.3, 0.4) is 0 Å². The Morgan fingerprint density at radius 2 is 1.85 bits per heavy atom. The molecule has 0 radical (unpaired) electrons. The van der Waals surface area contributed by atoms with E-state index in [9.17, 15) is 4.79 Å². The minimum Gasteiger partial charge on any atom is -0.379 e. The summed E-state index contributed by atoms with van der Waals surface area (Å²) in [6.07, 6.45) is 2.86. The van der Waals surface area contributed by atoms with Gasteiger partial charge in [0, 0.05) is 26.2 Å². The first-order valence-corrected chi connectivity index (χ1v) is 9.13. The fourth-order valence-corrected chi connectivity index (χ4v) is 3.59. The molecule has 2 heterocycles. The fraction of sp³-hybridized carbons (Fsp3) is 0.632. The number of carbonyl (C=O) groups is 1. The van der Waals surface area contributed by atoms with E-state index in [-0.39, 0.29) is 36.3 Å². The third kappa shape index (κ3) is 5.83. The lowest BCUT2D eigenvalue weighted by atomic mass is 9.93. The van der Waals surface area contributed by atoms with E-state index in [1.54, 1.807) is 0 Å². The van der Waals surface area contributed by atoms with Crippen LogP contribution in [0.25, 0.3) is 0 Å². The average Bonchev–Trinajstić information content (AvgIpc) is 3.12. The maximum absolute atomic E-state index is 12.5. The molecule has 2 N–H and O–H groups in total. The predicted octanol–water partition coefficient (Wildman–Crippen LogP) is 2.51. The van der Waals surface area contributed by atoms with Crippen LogP contribution in [0, 0.1) is 0 Å². The van der Waals surface area contributed by atoms with Gasteiger partial charge in [-0.1, -0.05) is 31.2 Å². The molecule has 2 fully saturated rings. The standard InChI is InChI=1S/C19H29N3O2.2ClH/c1-2-19(8-3-9-21-19)18(23)20-14-16-4-6-17(7-5-16)15-22-10-12-24-13-11-22;;/h4-7,21H,2-3,8-15H2,1H3,(H,20,23);2*1H. The molecule has 0 spiro atoms. The molecule has 0 aliphatic carbocycles. The zero-order valence-electron chi connectivity index (χ0n) is 15.5. The molecule has 5 nitrogen and oxygen atoms in total. The largest absolute Gasteiger partial charge is 0.379 e. The Kier molecular flexibility index (Phi) is 9.90. The van der Waals surface area contributed by atoms with Crippen LogP contribution >= 0.6 is 24.8 Å². The lowest BCUT2D eigenvalue weighted by molar-refractivity contribution is -0.127. The van der Waals surface area contributed by atoms with Gasteiger partial charge < -0.3 is 15.4 Å². The first-order chi connectivity index (χ1) is 11.7. The van der Waals surface area contributed by atoms with E-state index >= 15 is 0 Å². The van der Waals surface area contributed by atoms with Crippen LogP contribution in [-0.4, -0.2) is 49.2 Å². The van der Waals surface area contributed by atoms with Crippen LogP contribution < -0.4 is 10.6 Å². The van der Waals surface area contributed by atoms with Crippen molar-refractivity contribution in [1.82, 2.24) is 15.5 Å². The van der Waals surface area contributed by atoms with Crippen molar-refractivity contribution in [1.29, 1.82) is 0 Å². The number of rotatable bonds is 6. The normalized spacial score (nSPS) is 23.0. The molecular formula is C19H31Cl2N3O2. The fourth-order valence-electron chi connectivity index (χ4n) is 3.59. The van der Waals surface area contributed by atoms with Crippen LogP contribution in [0.5, 0.6) is 0 Å². The second-order valence-corrected chi connectivity index (χ2v) is 6.85. The van der Waals surface area contributed by atoms with Gasteiger partial charge in [-0.05, 0) is 36.9 Å². The highest BCUT2D eigenvalue weighted by Crippen LogP contribution is 2.23. The van der Waals surface area contributed by atoms with Gasteiger partial charge in [-0.25, -0.2) is 0 Å². The molecule has 1 amide bonds. The van der Waals surface area contributed by atoms with Crippen LogP contribution in [0.2, 0.25) is 0 Å². The van der Waals surface area contributed by atoms with Crippen molar-refractivity contribution in [3.05, 3.63) is 35.4 Å².